The van der Waals surface area contributed by atoms with Crippen molar-refractivity contribution in [1.82, 2.24) is 10.6 Å². The van der Waals surface area contributed by atoms with Crippen molar-refractivity contribution in [3.05, 3.63) is 113 Å². The highest BCUT2D eigenvalue weighted by molar-refractivity contribution is 6.21. The third-order valence-corrected chi connectivity index (χ3v) is 5.03. The van der Waals surface area contributed by atoms with Gasteiger partial charge in [0.05, 0.1) is 5.97 Å². The number of carboxylic acid groups (broad SMARTS) is 1. The van der Waals surface area contributed by atoms with Gasteiger partial charge in [0.25, 0.3) is 11.8 Å². The number of hydrogen-bond acceptors (Lipinski definition) is 4. The summed E-state index contributed by atoms with van der Waals surface area (Å²) in [7, 11) is 0. The monoisotopic (exact) mass is 441 g/mol. The minimum atomic E-state index is -1.29. The Hall–Kier alpha value is -4.19. The number of amides is 2. The van der Waals surface area contributed by atoms with E-state index in [0.29, 0.717) is 31.5 Å². The second-order valence-electron chi connectivity index (χ2n) is 7.45. The molecule has 0 atom stereocenters. The fraction of sp³-hybridized carbons (Fsp3) is 0.148. The van der Waals surface area contributed by atoms with E-state index in [0.717, 1.165) is 11.1 Å². The van der Waals surface area contributed by atoms with E-state index in [4.69, 9.17) is 0 Å². The number of rotatable bonds is 10. The minimum Gasteiger partial charge on any atom is -0.545 e. The second kappa shape index (κ2) is 12.0. The van der Waals surface area contributed by atoms with E-state index in [-0.39, 0.29) is 11.1 Å². The summed E-state index contributed by atoms with van der Waals surface area (Å²) in [6.07, 6.45) is 2.72. The van der Waals surface area contributed by atoms with Crippen LogP contribution >= 0.6 is 0 Å². The molecule has 0 bridgehead atoms. The SMILES string of the molecule is O=C(NCCc1ccccc1)C(=Cc1ccc(C(=O)[O-])cc1)C(=O)NCCc1ccccc1. The van der Waals surface area contributed by atoms with Crippen LogP contribution in [0.1, 0.15) is 27.0 Å². The number of hydrogen-bond donors (Lipinski definition) is 2. The highest BCUT2D eigenvalue weighted by atomic mass is 16.4. The fourth-order valence-electron chi connectivity index (χ4n) is 3.24. The van der Waals surface area contributed by atoms with E-state index < -0.39 is 17.8 Å². The Bertz CT molecular complexity index is 1050. The Kier molecular flexibility index (Phi) is 8.54. The molecule has 6 heteroatoms. The van der Waals surface area contributed by atoms with Crippen molar-refractivity contribution in [3.8, 4) is 0 Å². The van der Waals surface area contributed by atoms with Gasteiger partial charge in [0.15, 0.2) is 0 Å². The summed E-state index contributed by atoms with van der Waals surface area (Å²) < 4.78 is 0. The van der Waals surface area contributed by atoms with Crippen LogP contribution < -0.4 is 15.7 Å². The molecule has 0 aliphatic rings. The van der Waals surface area contributed by atoms with E-state index in [1.165, 1.54) is 30.3 Å². The maximum absolute atomic E-state index is 12.8. The van der Waals surface area contributed by atoms with Crippen molar-refractivity contribution in [2.75, 3.05) is 13.1 Å². The summed E-state index contributed by atoms with van der Waals surface area (Å²) in [5, 5.41) is 16.6. The van der Waals surface area contributed by atoms with Crippen molar-refractivity contribution in [1.29, 1.82) is 0 Å². The van der Waals surface area contributed by atoms with Crippen LogP contribution in [0, 0.1) is 0 Å². The van der Waals surface area contributed by atoms with Gasteiger partial charge in [-0.3, -0.25) is 9.59 Å². The summed E-state index contributed by atoms with van der Waals surface area (Å²) in [5.41, 5.74) is 2.67. The Labute approximate surface area is 193 Å². The molecular weight excluding hydrogens is 416 g/mol. The molecule has 0 saturated heterocycles. The van der Waals surface area contributed by atoms with Gasteiger partial charge in [-0.15, -0.1) is 0 Å². The highest BCUT2D eigenvalue weighted by Crippen LogP contribution is 2.10. The predicted octanol–water partition coefficient (Wildman–Crippen LogP) is 2.15. The lowest BCUT2D eigenvalue weighted by atomic mass is 10.1. The van der Waals surface area contributed by atoms with E-state index in [1.54, 1.807) is 0 Å². The summed E-state index contributed by atoms with van der Waals surface area (Å²) >= 11 is 0. The predicted molar refractivity (Wildman–Crippen MR) is 125 cm³/mol. The average molecular weight is 442 g/mol. The second-order valence-corrected chi connectivity index (χ2v) is 7.45. The molecule has 3 rings (SSSR count). The summed E-state index contributed by atoms with van der Waals surface area (Å²) in [4.78, 5) is 36.7. The van der Waals surface area contributed by atoms with Gasteiger partial charge in [-0.05, 0) is 41.2 Å². The van der Waals surface area contributed by atoms with E-state index in [2.05, 4.69) is 10.6 Å². The molecule has 0 heterocycles. The van der Waals surface area contributed by atoms with Crippen LogP contribution in [0.2, 0.25) is 0 Å². The smallest absolute Gasteiger partial charge is 0.256 e. The molecule has 0 spiro atoms. The fourth-order valence-corrected chi connectivity index (χ4v) is 3.24. The molecule has 2 N–H and O–H groups in total. The summed E-state index contributed by atoms with van der Waals surface area (Å²) in [6, 6.07) is 25.3. The normalized spacial score (nSPS) is 10.2. The first-order valence-electron chi connectivity index (χ1n) is 10.7. The molecule has 3 aromatic carbocycles. The van der Waals surface area contributed by atoms with Crippen molar-refractivity contribution < 1.29 is 19.5 Å². The van der Waals surface area contributed by atoms with Crippen molar-refractivity contribution in [2.24, 2.45) is 0 Å². The third-order valence-electron chi connectivity index (χ3n) is 5.03. The number of benzene rings is 3. The lowest BCUT2D eigenvalue weighted by Gasteiger charge is -2.11. The number of nitrogens with one attached hydrogen (secondary N) is 2. The summed E-state index contributed by atoms with van der Waals surface area (Å²) in [5.74, 6) is -2.28. The van der Waals surface area contributed by atoms with E-state index >= 15 is 0 Å². The zero-order chi connectivity index (χ0) is 23.5. The Morgan fingerprint density at radius 3 is 1.55 bits per heavy atom. The average Bonchev–Trinajstić information content (AvgIpc) is 2.84. The maximum Gasteiger partial charge on any atom is 0.256 e. The van der Waals surface area contributed by atoms with Gasteiger partial charge < -0.3 is 20.5 Å². The van der Waals surface area contributed by atoms with Gasteiger partial charge >= 0.3 is 0 Å². The van der Waals surface area contributed by atoms with Gasteiger partial charge in [0.2, 0.25) is 0 Å². The van der Waals surface area contributed by atoms with Crippen LogP contribution in [0.4, 0.5) is 0 Å². The maximum atomic E-state index is 12.8. The van der Waals surface area contributed by atoms with Crippen molar-refractivity contribution in [2.45, 2.75) is 12.8 Å². The van der Waals surface area contributed by atoms with E-state index in [1.807, 2.05) is 60.7 Å². The van der Waals surface area contributed by atoms with Crippen LogP contribution in [-0.2, 0) is 22.4 Å². The largest absolute Gasteiger partial charge is 0.545 e. The number of carbonyl (C=O) groups excluding carboxylic acids is 3. The van der Waals surface area contributed by atoms with Crippen molar-refractivity contribution >= 4 is 23.9 Å². The van der Waals surface area contributed by atoms with E-state index in [9.17, 15) is 19.5 Å². The van der Waals surface area contributed by atoms with Crippen LogP contribution in [0.5, 0.6) is 0 Å². The Morgan fingerprint density at radius 2 is 1.12 bits per heavy atom. The Balaban J connectivity index is 1.69. The highest BCUT2D eigenvalue weighted by Gasteiger charge is 2.18. The first kappa shape index (κ1) is 23.5. The molecule has 0 fully saturated rings. The first-order chi connectivity index (χ1) is 16.0. The van der Waals surface area contributed by atoms with Crippen LogP contribution in [-0.4, -0.2) is 30.9 Å². The topological polar surface area (TPSA) is 98.3 Å². The number of carboxylic acids is 1. The van der Waals surface area contributed by atoms with Gasteiger partial charge in [-0.25, -0.2) is 0 Å². The summed E-state index contributed by atoms with van der Waals surface area (Å²) in [6.45, 7) is 0.752. The Morgan fingerprint density at radius 1 is 0.667 bits per heavy atom. The van der Waals surface area contributed by atoms with Crippen molar-refractivity contribution in [3.63, 3.8) is 0 Å². The van der Waals surface area contributed by atoms with Gasteiger partial charge in [-0.1, -0.05) is 84.9 Å². The molecule has 2 amide bonds. The molecule has 0 saturated carbocycles. The number of carbonyl (C=O) groups is 3. The first-order valence-corrected chi connectivity index (χ1v) is 10.7. The van der Waals surface area contributed by atoms with Crippen LogP contribution in [0.25, 0.3) is 6.08 Å². The van der Waals surface area contributed by atoms with Gasteiger partial charge in [0, 0.05) is 13.1 Å². The molecule has 168 valence electrons. The lowest BCUT2D eigenvalue weighted by Crippen LogP contribution is -2.36. The molecule has 33 heavy (non-hydrogen) atoms. The lowest BCUT2D eigenvalue weighted by molar-refractivity contribution is -0.255. The third kappa shape index (κ3) is 7.47. The molecule has 0 radical (unpaired) electrons. The zero-order valence-corrected chi connectivity index (χ0v) is 18.1. The number of aromatic carboxylic acids is 1. The molecule has 0 aromatic heterocycles. The molecular formula is C27H25N2O4-. The standard InChI is InChI=1S/C27H26N2O4/c30-25(28-17-15-20-7-3-1-4-8-20)24(19-22-11-13-23(14-12-22)27(32)33)26(31)29-18-16-21-9-5-2-6-10-21/h1-14,19H,15-18H2,(H,28,30)(H,29,31)(H,32,33)/p-1. The van der Waals surface area contributed by atoms with Crippen LogP contribution in [0.3, 0.4) is 0 Å². The molecule has 3 aromatic rings. The minimum absolute atomic E-state index is 0.0216. The van der Waals surface area contributed by atoms with Gasteiger partial charge in [-0.2, -0.15) is 0 Å². The van der Waals surface area contributed by atoms with Gasteiger partial charge in [0.1, 0.15) is 5.57 Å². The zero-order valence-electron chi connectivity index (χ0n) is 18.1. The quantitative estimate of drug-likeness (QED) is 0.286. The molecule has 6 nitrogen and oxygen atoms in total. The molecule has 0 aliphatic heterocycles. The molecule has 0 unspecified atom stereocenters. The molecule has 0 aliphatic carbocycles. The van der Waals surface area contributed by atoms with Crippen LogP contribution in [0.15, 0.2) is 90.5 Å².